The molecule has 0 fully saturated rings. The van der Waals surface area contributed by atoms with E-state index in [1.807, 2.05) is 62.4 Å². The number of aryl methyl sites for hydroxylation is 2. The molecule has 104 valence electrons. The van der Waals surface area contributed by atoms with Crippen LogP contribution in [0.5, 0.6) is 0 Å². The van der Waals surface area contributed by atoms with Gasteiger partial charge >= 0.3 is 5.97 Å². The fourth-order valence-electron chi connectivity index (χ4n) is 2.16. The first kappa shape index (κ1) is 13.3. The molecule has 0 saturated carbocycles. The third kappa shape index (κ3) is 2.77. The molecule has 0 aromatic heterocycles. The molecule has 0 aliphatic carbocycles. The highest BCUT2D eigenvalue weighted by atomic mass is 16.6. The second kappa shape index (κ2) is 5.37. The van der Waals surface area contributed by atoms with E-state index in [2.05, 4.69) is 4.99 Å². The number of esters is 1. The smallest absolute Gasteiger partial charge is 0.363 e. The van der Waals surface area contributed by atoms with E-state index in [1.54, 1.807) is 6.08 Å². The van der Waals surface area contributed by atoms with E-state index in [4.69, 9.17) is 4.74 Å². The predicted octanol–water partition coefficient (Wildman–Crippen LogP) is 3.65. The molecule has 1 aliphatic heterocycles. The Balaban J connectivity index is 1.96. The molecular weight excluding hydrogens is 262 g/mol. The van der Waals surface area contributed by atoms with Crippen molar-refractivity contribution in [1.29, 1.82) is 0 Å². The summed E-state index contributed by atoms with van der Waals surface area (Å²) in [6, 6.07) is 15.6. The van der Waals surface area contributed by atoms with Crippen LogP contribution in [0.25, 0.3) is 6.08 Å². The SMILES string of the molecule is Cc1ccc(/C=C2\N=C(c3ccccc3C)OC2=O)cc1. The molecule has 0 bridgehead atoms. The Kier molecular flexibility index (Phi) is 3.40. The number of nitrogens with zero attached hydrogens (tertiary/aromatic N) is 1. The molecule has 0 unspecified atom stereocenters. The van der Waals surface area contributed by atoms with Crippen LogP contribution in [-0.4, -0.2) is 11.9 Å². The van der Waals surface area contributed by atoms with Crippen molar-refractivity contribution in [2.75, 3.05) is 0 Å². The standard InChI is InChI=1S/C18H15NO2/c1-12-7-9-14(10-8-12)11-16-18(20)21-17(19-16)15-6-4-3-5-13(15)2/h3-11H,1-2H3/b16-11-. The van der Waals surface area contributed by atoms with E-state index in [0.29, 0.717) is 11.6 Å². The van der Waals surface area contributed by atoms with Crippen LogP contribution in [0.15, 0.2) is 59.2 Å². The summed E-state index contributed by atoms with van der Waals surface area (Å²) in [5.41, 5.74) is 4.31. The lowest BCUT2D eigenvalue weighted by atomic mass is 10.1. The number of cyclic esters (lactones) is 1. The molecule has 3 nitrogen and oxygen atoms in total. The Morgan fingerprint density at radius 2 is 1.71 bits per heavy atom. The number of carbonyl (C=O) groups is 1. The molecule has 0 amide bonds. The van der Waals surface area contributed by atoms with E-state index >= 15 is 0 Å². The number of benzene rings is 2. The fraction of sp³-hybridized carbons (Fsp3) is 0.111. The average molecular weight is 277 g/mol. The summed E-state index contributed by atoms with van der Waals surface area (Å²) in [6.45, 7) is 3.99. The zero-order valence-electron chi connectivity index (χ0n) is 12.0. The number of carbonyl (C=O) groups excluding carboxylic acids is 1. The fourth-order valence-corrected chi connectivity index (χ4v) is 2.16. The van der Waals surface area contributed by atoms with Crippen LogP contribution in [0.2, 0.25) is 0 Å². The minimum absolute atomic E-state index is 0.331. The number of hydrogen-bond donors (Lipinski definition) is 0. The van der Waals surface area contributed by atoms with Gasteiger partial charge in [-0.1, -0.05) is 48.0 Å². The van der Waals surface area contributed by atoms with Gasteiger partial charge in [0.05, 0.1) is 0 Å². The Morgan fingerprint density at radius 1 is 1.00 bits per heavy atom. The largest absolute Gasteiger partial charge is 0.402 e. The predicted molar refractivity (Wildman–Crippen MR) is 83.0 cm³/mol. The summed E-state index contributed by atoms with van der Waals surface area (Å²) in [7, 11) is 0. The normalized spacial score (nSPS) is 16.0. The molecule has 0 N–H and O–H groups in total. The Labute approximate surface area is 123 Å². The van der Waals surface area contributed by atoms with Crippen LogP contribution < -0.4 is 0 Å². The van der Waals surface area contributed by atoms with Crippen LogP contribution in [-0.2, 0) is 9.53 Å². The molecule has 2 aromatic carbocycles. The Morgan fingerprint density at radius 3 is 2.43 bits per heavy atom. The van der Waals surface area contributed by atoms with E-state index in [-0.39, 0.29) is 0 Å². The highest BCUT2D eigenvalue weighted by Crippen LogP contribution is 2.20. The molecular formula is C18H15NO2. The van der Waals surface area contributed by atoms with Crippen LogP contribution in [0.4, 0.5) is 0 Å². The van der Waals surface area contributed by atoms with Gasteiger partial charge in [-0.2, -0.15) is 0 Å². The van der Waals surface area contributed by atoms with Gasteiger partial charge in [0, 0.05) is 5.56 Å². The van der Waals surface area contributed by atoms with Gasteiger partial charge in [-0.15, -0.1) is 0 Å². The van der Waals surface area contributed by atoms with Gasteiger partial charge in [-0.3, -0.25) is 0 Å². The van der Waals surface area contributed by atoms with Crippen LogP contribution in [0.3, 0.4) is 0 Å². The van der Waals surface area contributed by atoms with Crippen molar-refractivity contribution >= 4 is 17.9 Å². The van der Waals surface area contributed by atoms with Gasteiger partial charge in [0.1, 0.15) is 0 Å². The van der Waals surface area contributed by atoms with Gasteiger partial charge in [-0.25, -0.2) is 9.79 Å². The van der Waals surface area contributed by atoms with Gasteiger partial charge in [0.2, 0.25) is 5.90 Å². The van der Waals surface area contributed by atoms with Crippen LogP contribution in [0.1, 0.15) is 22.3 Å². The highest BCUT2D eigenvalue weighted by molar-refractivity contribution is 6.13. The highest BCUT2D eigenvalue weighted by Gasteiger charge is 2.24. The van der Waals surface area contributed by atoms with Gasteiger partial charge in [-0.05, 0) is 37.1 Å². The van der Waals surface area contributed by atoms with Crippen molar-refractivity contribution in [2.45, 2.75) is 13.8 Å². The summed E-state index contributed by atoms with van der Waals surface area (Å²) < 4.78 is 5.28. The number of ether oxygens (including phenoxy) is 1. The Hall–Kier alpha value is -2.68. The van der Waals surface area contributed by atoms with Gasteiger partial charge < -0.3 is 4.74 Å². The summed E-state index contributed by atoms with van der Waals surface area (Å²) >= 11 is 0. The molecule has 0 radical (unpaired) electrons. The molecule has 3 heteroatoms. The first-order valence-electron chi connectivity index (χ1n) is 6.79. The zero-order chi connectivity index (χ0) is 14.8. The molecule has 0 spiro atoms. The topological polar surface area (TPSA) is 38.7 Å². The quantitative estimate of drug-likeness (QED) is 0.621. The monoisotopic (exact) mass is 277 g/mol. The third-order valence-corrected chi connectivity index (χ3v) is 3.38. The van der Waals surface area contributed by atoms with Crippen molar-refractivity contribution in [3.63, 3.8) is 0 Å². The van der Waals surface area contributed by atoms with Crippen LogP contribution in [0, 0.1) is 13.8 Å². The van der Waals surface area contributed by atoms with Crippen molar-refractivity contribution in [1.82, 2.24) is 0 Å². The Bertz CT molecular complexity index is 755. The molecule has 3 rings (SSSR count). The van der Waals surface area contributed by atoms with Crippen molar-refractivity contribution in [3.05, 3.63) is 76.5 Å². The van der Waals surface area contributed by atoms with Crippen molar-refractivity contribution in [3.8, 4) is 0 Å². The summed E-state index contributed by atoms with van der Waals surface area (Å²) in [4.78, 5) is 16.3. The molecule has 21 heavy (non-hydrogen) atoms. The average Bonchev–Trinajstić information content (AvgIpc) is 2.83. The maximum Gasteiger partial charge on any atom is 0.363 e. The van der Waals surface area contributed by atoms with E-state index in [9.17, 15) is 4.79 Å². The third-order valence-electron chi connectivity index (χ3n) is 3.38. The van der Waals surface area contributed by atoms with E-state index < -0.39 is 5.97 Å². The number of aliphatic imine (C=N–C) groups is 1. The zero-order valence-corrected chi connectivity index (χ0v) is 12.0. The molecule has 1 heterocycles. The van der Waals surface area contributed by atoms with Crippen molar-refractivity contribution < 1.29 is 9.53 Å². The molecule has 2 aromatic rings. The van der Waals surface area contributed by atoms with Crippen molar-refractivity contribution in [2.24, 2.45) is 4.99 Å². The first-order valence-corrected chi connectivity index (χ1v) is 6.79. The maximum atomic E-state index is 11.9. The second-order valence-corrected chi connectivity index (χ2v) is 5.06. The van der Waals surface area contributed by atoms with E-state index in [1.165, 1.54) is 5.56 Å². The van der Waals surface area contributed by atoms with Gasteiger partial charge in [0.25, 0.3) is 0 Å². The first-order chi connectivity index (χ1) is 10.1. The van der Waals surface area contributed by atoms with Crippen LogP contribution >= 0.6 is 0 Å². The number of rotatable bonds is 2. The molecule has 1 aliphatic rings. The maximum absolute atomic E-state index is 11.9. The minimum atomic E-state index is -0.408. The summed E-state index contributed by atoms with van der Waals surface area (Å²) in [5.74, 6) is -0.0368. The molecule has 0 atom stereocenters. The second-order valence-electron chi connectivity index (χ2n) is 5.06. The summed E-state index contributed by atoms with van der Waals surface area (Å²) in [6.07, 6.45) is 1.74. The number of hydrogen-bond acceptors (Lipinski definition) is 3. The lowest BCUT2D eigenvalue weighted by molar-refractivity contribution is -0.129. The minimum Gasteiger partial charge on any atom is -0.402 e. The van der Waals surface area contributed by atoms with E-state index in [0.717, 1.165) is 16.7 Å². The lowest BCUT2D eigenvalue weighted by Gasteiger charge is -2.02. The lowest BCUT2D eigenvalue weighted by Crippen LogP contribution is -2.06. The molecule has 0 saturated heterocycles. The van der Waals surface area contributed by atoms with Gasteiger partial charge in [0.15, 0.2) is 5.70 Å². The summed E-state index contributed by atoms with van der Waals surface area (Å²) in [5, 5.41) is 0.